The molecule has 0 unspecified atom stereocenters. The molecule has 0 atom stereocenters. The van der Waals surface area contributed by atoms with E-state index >= 15 is 0 Å². The van der Waals surface area contributed by atoms with Crippen LogP contribution in [0.4, 0.5) is 0 Å². The zero-order valence-corrected chi connectivity index (χ0v) is 6.16. The Morgan fingerprint density at radius 1 is 1.50 bits per heavy atom. The standard InChI is InChI=1S/C4H9NOS2/c5-4(6)3(1-7)2-8/h3,7-8H,1-2H2,(H2,5,6). The quantitative estimate of drug-likeness (QED) is 0.486. The van der Waals surface area contributed by atoms with E-state index in [1.807, 2.05) is 0 Å². The molecule has 0 heterocycles. The Labute approximate surface area is 59.6 Å². The van der Waals surface area contributed by atoms with E-state index in [-0.39, 0.29) is 11.8 Å². The fourth-order valence-electron chi connectivity index (χ4n) is 0.238. The molecular formula is C4H9NOS2. The maximum absolute atomic E-state index is 10.3. The van der Waals surface area contributed by atoms with Gasteiger partial charge in [0.05, 0.1) is 5.92 Å². The van der Waals surface area contributed by atoms with E-state index in [1.165, 1.54) is 0 Å². The Morgan fingerprint density at radius 2 is 1.88 bits per heavy atom. The Bertz CT molecular complexity index is 82.1. The van der Waals surface area contributed by atoms with Gasteiger partial charge in [-0.25, -0.2) is 0 Å². The van der Waals surface area contributed by atoms with Crippen molar-refractivity contribution in [2.45, 2.75) is 0 Å². The van der Waals surface area contributed by atoms with E-state index in [1.54, 1.807) is 0 Å². The Balaban J connectivity index is 3.52. The van der Waals surface area contributed by atoms with Crippen LogP contribution in [0, 0.1) is 5.92 Å². The van der Waals surface area contributed by atoms with Crippen LogP contribution in [-0.4, -0.2) is 17.4 Å². The van der Waals surface area contributed by atoms with Crippen molar-refractivity contribution < 1.29 is 4.79 Å². The summed E-state index contributed by atoms with van der Waals surface area (Å²) in [6.07, 6.45) is 0. The summed E-state index contributed by atoms with van der Waals surface area (Å²) in [6.45, 7) is 0. The van der Waals surface area contributed by atoms with Gasteiger partial charge in [0.25, 0.3) is 0 Å². The minimum atomic E-state index is -0.324. The summed E-state index contributed by atoms with van der Waals surface area (Å²) in [4.78, 5) is 10.3. The van der Waals surface area contributed by atoms with E-state index < -0.39 is 0 Å². The lowest BCUT2D eigenvalue weighted by Crippen LogP contribution is -2.25. The van der Waals surface area contributed by atoms with Gasteiger partial charge in [0, 0.05) is 11.5 Å². The molecule has 0 fully saturated rings. The molecule has 0 saturated heterocycles. The maximum Gasteiger partial charge on any atom is 0.222 e. The lowest BCUT2D eigenvalue weighted by atomic mass is 10.2. The normalized spacial score (nSPS) is 9.88. The molecule has 0 spiro atoms. The molecule has 0 aliphatic rings. The molecule has 0 aromatic heterocycles. The van der Waals surface area contributed by atoms with Gasteiger partial charge in [0.15, 0.2) is 0 Å². The second-order valence-corrected chi connectivity index (χ2v) is 2.19. The lowest BCUT2D eigenvalue weighted by Gasteiger charge is -2.02. The third-order valence-electron chi connectivity index (χ3n) is 0.843. The molecule has 0 aromatic rings. The van der Waals surface area contributed by atoms with Gasteiger partial charge < -0.3 is 5.73 Å². The minimum absolute atomic E-state index is 0.179. The number of hydrogen-bond acceptors (Lipinski definition) is 3. The molecular weight excluding hydrogens is 142 g/mol. The number of rotatable bonds is 3. The minimum Gasteiger partial charge on any atom is -0.369 e. The average Bonchev–Trinajstić information content (AvgIpc) is 1.69. The van der Waals surface area contributed by atoms with Crippen LogP contribution in [0.5, 0.6) is 0 Å². The molecule has 0 aliphatic heterocycles. The summed E-state index contributed by atoms with van der Waals surface area (Å²) in [6, 6.07) is 0. The fourth-order valence-corrected chi connectivity index (χ4v) is 1.06. The highest BCUT2D eigenvalue weighted by Crippen LogP contribution is 1.99. The van der Waals surface area contributed by atoms with Crippen molar-refractivity contribution in [2.75, 3.05) is 11.5 Å². The van der Waals surface area contributed by atoms with Crippen LogP contribution in [0.2, 0.25) is 0 Å². The maximum atomic E-state index is 10.3. The molecule has 2 N–H and O–H groups in total. The summed E-state index contributed by atoms with van der Waals surface area (Å²) in [5.74, 6) is 0.467. The topological polar surface area (TPSA) is 43.1 Å². The van der Waals surface area contributed by atoms with Crippen LogP contribution in [0.25, 0.3) is 0 Å². The molecule has 8 heavy (non-hydrogen) atoms. The highest BCUT2D eigenvalue weighted by atomic mass is 32.1. The van der Waals surface area contributed by atoms with Gasteiger partial charge in [-0.15, -0.1) is 0 Å². The van der Waals surface area contributed by atoms with E-state index in [2.05, 4.69) is 25.3 Å². The smallest absolute Gasteiger partial charge is 0.222 e. The van der Waals surface area contributed by atoms with E-state index in [0.717, 1.165) is 0 Å². The fraction of sp³-hybridized carbons (Fsp3) is 0.750. The van der Waals surface area contributed by atoms with Crippen molar-refractivity contribution in [2.24, 2.45) is 11.7 Å². The van der Waals surface area contributed by atoms with Crippen molar-refractivity contribution in [1.29, 1.82) is 0 Å². The SMILES string of the molecule is NC(=O)C(CS)CS. The Morgan fingerprint density at radius 3 is 1.88 bits per heavy atom. The van der Waals surface area contributed by atoms with Crippen molar-refractivity contribution in [3.63, 3.8) is 0 Å². The van der Waals surface area contributed by atoms with Gasteiger partial charge >= 0.3 is 0 Å². The van der Waals surface area contributed by atoms with E-state index in [4.69, 9.17) is 5.73 Å². The van der Waals surface area contributed by atoms with Gasteiger partial charge in [-0.3, -0.25) is 4.79 Å². The molecule has 0 saturated carbocycles. The van der Waals surface area contributed by atoms with E-state index in [9.17, 15) is 4.79 Å². The zero-order valence-electron chi connectivity index (χ0n) is 4.37. The lowest BCUT2D eigenvalue weighted by molar-refractivity contribution is -0.120. The third kappa shape index (κ3) is 2.47. The first kappa shape index (κ1) is 8.17. The summed E-state index contributed by atoms with van der Waals surface area (Å²) >= 11 is 7.77. The molecule has 4 heteroatoms. The predicted molar refractivity (Wildman–Crippen MR) is 40.4 cm³/mol. The summed E-state index contributed by atoms with van der Waals surface area (Å²) in [7, 11) is 0. The highest BCUT2D eigenvalue weighted by molar-refractivity contribution is 7.81. The molecule has 0 radical (unpaired) electrons. The largest absolute Gasteiger partial charge is 0.369 e. The second kappa shape index (κ2) is 4.09. The number of hydrogen-bond donors (Lipinski definition) is 3. The first-order valence-corrected chi connectivity index (χ1v) is 3.50. The van der Waals surface area contributed by atoms with Gasteiger partial charge in [0.2, 0.25) is 5.91 Å². The first-order chi connectivity index (χ1) is 3.72. The molecule has 2 nitrogen and oxygen atoms in total. The number of nitrogens with two attached hydrogens (primary N) is 1. The van der Waals surface area contributed by atoms with Crippen LogP contribution >= 0.6 is 25.3 Å². The number of carbonyl (C=O) groups is 1. The summed E-state index contributed by atoms with van der Waals surface area (Å²) in [5.41, 5.74) is 4.92. The third-order valence-corrected chi connectivity index (χ3v) is 1.72. The van der Waals surface area contributed by atoms with Gasteiger partial charge in [-0.05, 0) is 0 Å². The zero-order chi connectivity index (χ0) is 6.57. The van der Waals surface area contributed by atoms with Crippen molar-refractivity contribution in [1.82, 2.24) is 0 Å². The summed E-state index contributed by atoms with van der Waals surface area (Å²) < 4.78 is 0. The number of amides is 1. The van der Waals surface area contributed by atoms with Crippen LogP contribution in [0.1, 0.15) is 0 Å². The molecule has 1 amide bonds. The van der Waals surface area contributed by atoms with Crippen molar-refractivity contribution in [3.05, 3.63) is 0 Å². The van der Waals surface area contributed by atoms with Crippen molar-refractivity contribution in [3.8, 4) is 0 Å². The molecule has 0 bridgehead atoms. The second-order valence-electron chi connectivity index (χ2n) is 1.46. The van der Waals surface area contributed by atoms with Crippen LogP contribution in [0.3, 0.4) is 0 Å². The molecule has 0 aromatic carbocycles. The van der Waals surface area contributed by atoms with E-state index in [0.29, 0.717) is 11.5 Å². The van der Waals surface area contributed by atoms with Crippen molar-refractivity contribution >= 4 is 31.2 Å². The summed E-state index contributed by atoms with van der Waals surface area (Å²) in [5, 5.41) is 0. The molecule has 0 aliphatic carbocycles. The monoisotopic (exact) mass is 151 g/mol. The number of primary amides is 1. The first-order valence-electron chi connectivity index (χ1n) is 2.23. The van der Waals surface area contributed by atoms with Crippen LogP contribution < -0.4 is 5.73 Å². The molecule has 48 valence electrons. The Hall–Kier alpha value is 0.170. The van der Waals surface area contributed by atoms with Crippen LogP contribution in [-0.2, 0) is 4.79 Å². The predicted octanol–water partition coefficient (Wildman–Crippen LogP) is -0.0525. The van der Waals surface area contributed by atoms with Gasteiger partial charge in [0.1, 0.15) is 0 Å². The Kier molecular flexibility index (Phi) is 4.18. The van der Waals surface area contributed by atoms with Gasteiger partial charge in [-0.1, -0.05) is 0 Å². The van der Waals surface area contributed by atoms with Gasteiger partial charge in [-0.2, -0.15) is 25.3 Å². The molecule has 0 rings (SSSR count). The van der Waals surface area contributed by atoms with Crippen LogP contribution in [0.15, 0.2) is 0 Å². The number of thiol groups is 2. The average molecular weight is 151 g/mol. The number of carbonyl (C=O) groups excluding carboxylic acids is 1. The highest BCUT2D eigenvalue weighted by Gasteiger charge is 2.09.